The summed E-state index contributed by atoms with van der Waals surface area (Å²) in [5.41, 5.74) is 3.68. The van der Waals surface area contributed by atoms with Crippen LogP contribution < -0.4 is 10.1 Å². The molecule has 4 rings (SSSR count). The number of hydrogen-bond acceptors (Lipinski definition) is 5. The summed E-state index contributed by atoms with van der Waals surface area (Å²) in [5.74, 6) is 0.387. The quantitative estimate of drug-likeness (QED) is 0.566. The third kappa shape index (κ3) is 3.27. The van der Waals surface area contributed by atoms with Gasteiger partial charge in [0.15, 0.2) is 11.3 Å². The van der Waals surface area contributed by atoms with E-state index in [-0.39, 0.29) is 11.6 Å². The van der Waals surface area contributed by atoms with Gasteiger partial charge in [0.1, 0.15) is 5.75 Å². The van der Waals surface area contributed by atoms with E-state index in [1.54, 1.807) is 49.0 Å². The number of nitrogens with zero attached hydrogens (tertiary/aromatic N) is 4. The number of anilines is 1. The molecule has 1 amide bonds. The number of methoxy groups -OCH3 is 1. The zero-order valence-electron chi connectivity index (χ0n) is 15.2. The Morgan fingerprint density at radius 1 is 1.14 bits per heavy atom. The van der Waals surface area contributed by atoms with Gasteiger partial charge in [0, 0.05) is 16.3 Å². The number of nitrogens with one attached hydrogen (secondary N) is 1. The van der Waals surface area contributed by atoms with E-state index in [1.165, 1.54) is 0 Å². The third-order valence-corrected chi connectivity index (χ3v) is 4.58. The number of ether oxygens (including phenoxy) is 1. The van der Waals surface area contributed by atoms with E-state index in [4.69, 9.17) is 16.3 Å². The van der Waals surface area contributed by atoms with Crippen LogP contribution in [0, 0.1) is 6.92 Å². The van der Waals surface area contributed by atoms with Gasteiger partial charge in [-0.25, -0.2) is 4.52 Å². The molecule has 0 spiro atoms. The Labute approximate surface area is 165 Å². The minimum absolute atomic E-state index is 0.192. The average molecular weight is 394 g/mol. The van der Waals surface area contributed by atoms with Crippen molar-refractivity contribution in [3.63, 3.8) is 0 Å². The molecule has 0 fully saturated rings. The van der Waals surface area contributed by atoms with Crippen LogP contribution in [0.1, 0.15) is 16.2 Å². The molecule has 4 aromatic rings. The van der Waals surface area contributed by atoms with Crippen molar-refractivity contribution < 1.29 is 9.53 Å². The van der Waals surface area contributed by atoms with E-state index in [2.05, 4.69) is 20.6 Å². The van der Waals surface area contributed by atoms with Gasteiger partial charge in [0.05, 0.1) is 19.0 Å². The van der Waals surface area contributed by atoms with E-state index < -0.39 is 0 Å². The molecule has 1 N–H and O–H groups in total. The molecule has 140 valence electrons. The lowest BCUT2D eigenvalue weighted by molar-refractivity contribution is 0.102. The largest absolute Gasteiger partial charge is 0.497 e. The van der Waals surface area contributed by atoms with E-state index in [0.29, 0.717) is 22.1 Å². The highest BCUT2D eigenvalue weighted by Crippen LogP contribution is 2.26. The molecule has 28 heavy (non-hydrogen) atoms. The smallest absolute Gasteiger partial charge is 0.278 e. The lowest BCUT2D eigenvalue weighted by Crippen LogP contribution is -2.18. The van der Waals surface area contributed by atoms with Crippen molar-refractivity contribution in [3.05, 3.63) is 71.1 Å². The monoisotopic (exact) mass is 393 g/mol. The summed E-state index contributed by atoms with van der Waals surface area (Å²) in [4.78, 5) is 12.6. The van der Waals surface area contributed by atoms with Crippen LogP contribution in [0.15, 0.2) is 54.7 Å². The van der Waals surface area contributed by atoms with Crippen molar-refractivity contribution in [1.29, 1.82) is 0 Å². The molecule has 0 aliphatic heterocycles. The summed E-state index contributed by atoms with van der Waals surface area (Å²) in [7, 11) is 1.62. The van der Waals surface area contributed by atoms with Gasteiger partial charge in [-0.2, -0.15) is 5.10 Å². The molecular formula is C20H16ClN5O2. The van der Waals surface area contributed by atoms with Gasteiger partial charge in [0.25, 0.3) is 5.91 Å². The van der Waals surface area contributed by atoms with Gasteiger partial charge in [-0.15, -0.1) is 10.2 Å². The number of halogens is 1. The molecule has 7 nitrogen and oxygen atoms in total. The highest BCUT2D eigenvalue weighted by molar-refractivity contribution is 6.30. The summed E-state index contributed by atoms with van der Waals surface area (Å²) in [5, 5.41) is 16.1. The Bertz CT molecular complexity index is 1170. The van der Waals surface area contributed by atoms with Gasteiger partial charge in [0.2, 0.25) is 0 Å². The predicted molar refractivity (Wildman–Crippen MR) is 107 cm³/mol. The van der Waals surface area contributed by atoms with Gasteiger partial charge in [-0.3, -0.25) is 4.79 Å². The molecule has 0 saturated carbocycles. The molecule has 2 aromatic carbocycles. The van der Waals surface area contributed by atoms with Crippen LogP contribution in [0.3, 0.4) is 0 Å². The molecule has 0 aliphatic carbocycles. The Balaban J connectivity index is 1.68. The molecule has 0 radical (unpaired) electrons. The van der Waals surface area contributed by atoms with Crippen molar-refractivity contribution in [3.8, 4) is 16.9 Å². The molecule has 0 atom stereocenters. The first-order valence-electron chi connectivity index (χ1n) is 8.49. The van der Waals surface area contributed by atoms with Crippen LogP contribution in [-0.2, 0) is 0 Å². The fourth-order valence-electron chi connectivity index (χ4n) is 2.89. The fourth-order valence-corrected chi connectivity index (χ4v) is 3.08. The van der Waals surface area contributed by atoms with E-state index in [9.17, 15) is 4.79 Å². The lowest BCUT2D eigenvalue weighted by atomic mass is 10.1. The predicted octanol–water partition coefficient (Wildman–Crippen LogP) is 4.01. The van der Waals surface area contributed by atoms with Gasteiger partial charge in [-0.1, -0.05) is 29.8 Å². The van der Waals surface area contributed by atoms with E-state index in [1.807, 2.05) is 24.3 Å². The van der Waals surface area contributed by atoms with Crippen molar-refractivity contribution >= 4 is 28.8 Å². The summed E-state index contributed by atoms with van der Waals surface area (Å²) >= 11 is 5.96. The molecule has 8 heteroatoms. The topological polar surface area (TPSA) is 81.4 Å². The normalized spacial score (nSPS) is 10.8. The van der Waals surface area contributed by atoms with Crippen LogP contribution in [0.2, 0.25) is 5.02 Å². The number of benzene rings is 2. The van der Waals surface area contributed by atoms with Crippen molar-refractivity contribution in [2.45, 2.75) is 6.92 Å². The first-order chi connectivity index (χ1) is 13.6. The number of rotatable bonds is 4. The Hall–Kier alpha value is -3.45. The minimum Gasteiger partial charge on any atom is -0.497 e. The maximum Gasteiger partial charge on any atom is 0.278 e. The number of fused-ring (bicyclic) bond motifs is 1. The minimum atomic E-state index is -0.379. The summed E-state index contributed by atoms with van der Waals surface area (Å²) < 4.78 is 6.80. The zero-order chi connectivity index (χ0) is 19.7. The van der Waals surface area contributed by atoms with Crippen molar-refractivity contribution in [2.75, 3.05) is 12.4 Å². The van der Waals surface area contributed by atoms with Crippen LogP contribution in [0.5, 0.6) is 5.75 Å². The van der Waals surface area contributed by atoms with Gasteiger partial charge >= 0.3 is 0 Å². The second-order valence-electron chi connectivity index (χ2n) is 6.12. The van der Waals surface area contributed by atoms with Gasteiger partial charge < -0.3 is 10.1 Å². The number of aryl methyl sites for hydroxylation is 1. The third-order valence-electron chi connectivity index (χ3n) is 4.35. The van der Waals surface area contributed by atoms with Crippen LogP contribution in [0.4, 0.5) is 5.69 Å². The highest BCUT2D eigenvalue weighted by Gasteiger charge is 2.18. The fraction of sp³-hybridized carbons (Fsp3) is 0.100. The molecule has 0 bridgehead atoms. The first kappa shape index (κ1) is 17.9. The molecule has 0 aliphatic rings. The number of amides is 1. The number of carbonyl (C=O) groups is 1. The number of aromatic nitrogens is 4. The summed E-state index contributed by atoms with van der Waals surface area (Å²) in [6.45, 7) is 1.78. The summed E-state index contributed by atoms with van der Waals surface area (Å²) in [6.07, 6.45) is 1.71. The number of hydrogen-bond donors (Lipinski definition) is 1. The van der Waals surface area contributed by atoms with E-state index >= 15 is 0 Å². The first-order valence-corrected chi connectivity index (χ1v) is 8.87. The summed E-state index contributed by atoms with van der Waals surface area (Å²) in [6, 6.07) is 14.5. The standard InChI is InChI=1S/C20H16ClN5O2/c1-12-18(20(27)23-15-5-3-4-14(21)10-15)24-25-19-17(11-22-26(12)19)13-6-8-16(28-2)9-7-13/h3-11H,1-2H3,(H,23,27). The van der Waals surface area contributed by atoms with Crippen molar-refractivity contribution in [1.82, 2.24) is 19.8 Å². The maximum absolute atomic E-state index is 12.6. The highest BCUT2D eigenvalue weighted by atomic mass is 35.5. The van der Waals surface area contributed by atoms with Crippen molar-refractivity contribution in [2.24, 2.45) is 0 Å². The second kappa shape index (κ2) is 7.28. The van der Waals surface area contributed by atoms with E-state index in [0.717, 1.165) is 16.9 Å². The number of carbonyl (C=O) groups excluding carboxylic acids is 1. The SMILES string of the molecule is COc1ccc(-c2cnn3c(C)c(C(=O)Nc4cccc(Cl)c4)nnc23)cc1. The lowest BCUT2D eigenvalue weighted by Gasteiger charge is -2.08. The van der Waals surface area contributed by atoms with Crippen LogP contribution in [0.25, 0.3) is 16.8 Å². The van der Waals surface area contributed by atoms with Gasteiger partial charge in [-0.05, 0) is 42.8 Å². The van der Waals surface area contributed by atoms with Crippen LogP contribution >= 0.6 is 11.6 Å². The molecular weight excluding hydrogens is 378 g/mol. The molecule has 0 saturated heterocycles. The van der Waals surface area contributed by atoms with Crippen LogP contribution in [-0.4, -0.2) is 32.8 Å². The Kier molecular flexibility index (Phi) is 4.67. The average Bonchev–Trinajstić information content (AvgIpc) is 3.13. The molecule has 0 unspecified atom stereocenters. The zero-order valence-corrected chi connectivity index (χ0v) is 15.9. The molecule has 2 aromatic heterocycles. The Morgan fingerprint density at radius 3 is 2.64 bits per heavy atom. The Morgan fingerprint density at radius 2 is 1.93 bits per heavy atom. The maximum atomic E-state index is 12.6. The second-order valence-corrected chi connectivity index (χ2v) is 6.56. The molecule has 2 heterocycles.